The fourth-order valence-corrected chi connectivity index (χ4v) is 4.39. The van der Waals surface area contributed by atoms with Crippen LogP contribution in [0.15, 0.2) is 65.1 Å². The van der Waals surface area contributed by atoms with Gasteiger partial charge in [-0.1, -0.05) is 39.7 Å². The van der Waals surface area contributed by atoms with Crippen molar-refractivity contribution in [3.63, 3.8) is 0 Å². The van der Waals surface area contributed by atoms with Crippen molar-refractivity contribution in [2.75, 3.05) is 20.1 Å². The molecule has 0 radical (unpaired) electrons. The van der Waals surface area contributed by atoms with Gasteiger partial charge >= 0.3 is 5.97 Å². The molecular weight excluding hydrogens is 496 g/mol. The Balaban J connectivity index is 1.67. The summed E-state index contributed by atoms with van der Waals surface area (Å²) in [6, 6.07) is 17.2. The second-order valence-corrected chi connectivity index (χ2v) is 9.11. The second-order valence-electron chi connectivity index (χ2n) is 7.79. The molecule has 6 nitrogen and oxygen atoms in total. The molecule has 0 aromatic heterocycles. The lowest BCUT2D eigenvalue weighted by Crippen LogP contribution is -2.24. The average Bonchev–Trinajstić information content (AvgIpc) is 2.93. The van der Waals surface area contributed by atoms with Crippen molar-refractivity contribution in [1.82, 2.24) is 4.90 Å². The van der Waals surface area contributed by atoms with Gasteiger partial charge in [0.2, 0.25) is 0 Å². The number of hydrogen-bond acceptors (Lipinski definition) is 5. The molecule has 164 valence electrons. The standard InChI is InChI=1S/C24H20BrClN2O4/c1-27-11-10-17-12-22(26)23(32-24(29)16-4-8-19(9-5-16)28(30)31)13-20(17)21(14-27)15-2-6-18(25)7-3-15/h2-9,12-13,21H,10-11,14H2,1H3/t21-/m1/s1. The zero-order valence-electron chi connectivity index (χ0n) is 17.3. The zero-order valence-corrected chi connectivity index (χ0v) is 19.6. The third kappa shape index (κ3) is 4.85. The Morgan fingerprint density at radius 3 is 2.50 bits per heavy atom. The van der Waals surface area contributed by atoms with Crippen LogP contribution in [0.5, 0.6) is 5.75 Å². The van der Waals surface area contributed by atoms with Gasteiger partial charge in [0.25, 0.3) is 5.69 Å². The maximum absolute atomic E-state index is 12.7. The normalized spacial score (nSPS) is 16.2. The van der Waals surface area contributed by atoms with Crippen LogP contribution >= 0.6 is 27.5 Å². The molecule has 0 amide bonds. The van der Waals surface area contributed by atoms with E-state index in [1.165, 1.54) is 24.3 Å². The molecule has 0 bridgehead atoms. The molecule has 8 heteroatoms. The van der Waals surface area contributed by atoms with Crippen molar-refractivity contribution in [3.8, 4) is 5.75 Å². The van der Waals surface area contributed by atoms with Gasteiger partial charge in [-0.2, -0.15) is 0 Å². The van der Waals surface area contributed by atoms with Gasteiger partial charge in [0, 0.05) is 35.6 Å². The van der Waals surface area contributed by atoms with Crippen LogP contribution in [0.1, 0.15) is 33.0 Å². The summed E-state index contributed by atoms with van der Waals surface area (Å²) in [6.07, 6.45) is 0.842. The second kappa shape index (κ2) is 9.40. The molecule has 3 aromatic rings. The van der Waals surface area contributed by atoms with Gasteiger partial charge in [-0.15, -0.1) is 0 Å². The Hall–Kier alpha value is -2.74. The SMILES string of the molecule is CN1CCc2cc(Cl)c(OC(=O)c3ccc([N+](=O)[O-])cc3)cc2[C@@H](c2ccc(Br)cc2)C1. The smallest absolute Gasteiger partial charge is 0.343 e. The highest BCUT2D eigenvalue weighted by atomic mass is 79.9. The topological polar surface area (TPSA) is 72.7 Å². The van der Waals surface area contributed by atoms with E-state index in [2.05, 4.69) is 40.0 Å². The molecule has 1 atom stereocenters. The van der Waals surface area contributed by atoms with Crippen molar-refractivity contribution in [2.45, 2.75) is 12.3 Å². The predicted molar refractivity (Wildman–Crippen MR) is 127 cm³/mol. The first-order chi connectivity index (χ1) is 15.3. The van der Waals surface area contributed by atoms with Gasteiger partial charge in [0.1, 0.15) is 5.75 Å². The summed E-state index contributed by atoms with van der Waals surface area (Å²) >= 11 is 9.97. The minimum absolute atomic E-state index is 0.0916. The van der Waals surface area contributed by atoms with Crippen LogP contribution in [-0.2, 0) is 6.42 Å². The molecule has 1 aliphatic heterocycles. The van der Waals surface area contributed by atoms with Crippen molar-refractivity contribution in [1.29, 1.82) is 0 Å². The van der Waals surface area contributed by atoms with E-state index in [0.29, 0.717) is 5.02 Å². The summed E-state index contributed by atoms with van der Waals surface area (Å²) in [5.41, 5.74) is 3.49. The highest BCUT2D eigenvalue weighted by molar-refractivity contribution is 9.10. The number of rotatable bonds is 4. The largest absolute Gasteiger partial charge is 0.421 e. The number of esters is 1. The molecule has 32 heavy (non-hydrogen) atoms. The Kier molecular flexibility index (Phi) is 6.60. The van der Waals surface area contributed by atoms with E-state index in [1.807, 2.05) is 24.3 Å². The van der Waals surface area contributed by atoms with Crippen LogP contribution in [-0.4, -0.2) is 35.9 Å². The van der Waals surface area contributed by atoms with Crippen LogP contribution in [0, 0.1) is 10.1 Å². The molecule has 0 spiro atoms. The highest BCUT2D eigenvalue weighted by Crippen LogP contribution is 2.38. The lowest BCUT2D eigenvalue weighted by Gasteiger charge is -2.23. The Morgan fingerprint density at radius 1 is 1.16 bits per heavy atom. The first-order valence-electron chi connectivity index (χ1n) is 10.0. The van der Waals surface area contributed by atoms with E-state index in [0.717, 1.165) is 40.7 Å². The molecule has 4 rings (SSSR count). The average molecular weight is 516 g/mol. The zero-order chi connectivity index (χ0) is 22.8. The number of carbonyl (C=O) groups is 1. The monoisotopic (exact) mass is 514 g/mol. The van der Waals surface area contributed by atoms with Crippen molar-refractivity contribution >= 4 is 39.2 Å². The van der Waals surface area contributed by atoms with E-state index < -0.39 is 10.9 Å². The molecule has 3 aromatic carbocycles. The van der Waals surface area contributed by atoms with E-state index in [1.54, 1.807) is 0 Å². The molecule has 1 heterocycles. The van der Waals surface area contributed by atoms with E-state index in [9.17, 15) is 14.9 Å². The fraction of sp³-hybridized carbons (Fsp3) is 0.208. The molecule has 0 unspecified atom stereocenters. The van der Waals surface area contributed by atoms with Crippen LogP contribution in [0.2, 0.25) is 5.02 Å². The quantitative estimate of drug-likeness (QED) is 0.189. The third-order valence-corrected chi connectivity index (χ3v) is 6.44. The maximum atomic E-state index is 12.7. The van der Waals surface area contributed by atoms with Crippen molar-refractivity contribution in [2.24, 2.45) is 0 Å². The fourth-order valence-electron chi connectivity index (χ4n) is 3.90. The molecular formula is C24H20BrClN2O4. The summed E-state index contributed by atoms with van der Waals surface area (Å²) in [7, 11) is 2.09. The lowest BCUT2D eigenvalue weighted by atomic mass is 9.88. The number of carbonyl (C=O) groups excluding carboxylic acids is 1. The van der Waals surface area contributed by atoms with Crippen LogP contribution in [0.4, 0.5) is 5.69 Å². The van der Waals surface area contributed by atoms with Crippen LogP contribution < -0.4 is 4.74 Å². The molecule has 0 aliphatic carbocycles. The number of nitro groups is 1. The van der Waals surface area contributed by atoms with Crippen LogP contribution in [0.25, 0.3) is 0 Å². The first kappa shape index (κ1) is 22.5. The predicted octanol–water partition coefficient (Wildman–Crippen LogP) is 5.85. The summed E-state index contributed by atoms with van der Waals surface area (Å²) in [4.78, 5) is 25.3. The van der Waals surface area contributed by atoms with Crippen molar-refractivity contribution < 1.29 is 14.5 Å². The number of likely N-dealkylation sites (N-methyl/N-ethyl adjacent to an activating group) is 1. The number of benzene rings is 3. The Labute approximate surface area is 199 Å². The minimum Gasteiger partial charge on any atom is -0.421 e. The van der Waals surface area contributed by atoms with E-state index >= 15 is 0 Å². The Bertz CT molecular complexity index is 1170. The molecule has 0 saturated heterocycles. The molecule has 0 N–H and O–H groups in total. The molecule has 1 aliphatic rings. The third-order valence-electron chi connectivity index (χ3n) is 5.62. The van der Waals surface area contributed by atoms with E-state index in [4.69, 9.17) is 16.3 Å². The number of hydrogen-bond donors (Lipinski definition) is 0. The molecule has 0 saturated carbocycles. The first-order valence-corrected chi connectivity index (χ1v) is 11.2. The number of ether oxygens (including phenoxy) is 1. The summed E-state index contributed by atoms with van der Waals surface area (Å²) in [6.45, 7) is 1.73. The van der Waals surface area contributed by atoms with Gasteiger partial charge in [-0.05, 0) is 66.6 Å². The van der Waals surface area contributed by atoms with Crippen LogP contribution in [0.3, 0.4) is 0 Å². The summed E-state index contributed by atoms with van der Waals surface area (Å²) in [5.74, 6) is -0.243. The number of nitrogens with zero attached hydrogens (tertiary/aromatic N) is 2. The van der Waals surface area contributed by atoms with Gasteiger partial charge in [-0.25, -0.2) is 4.79 Å². The molecule has 0 fully saturated rings. The number of non-ortho nitro benzene ring substituents is 1. The number of fused-ring (bicyclic) bond motifs is 1. The van der Waals surface area contributed by atoms with Gasteiger partial charge in [0.15, 0.2) is 0 Å². The Morgan fingerprint density at radius 2 is 1.84 bits per heavy atom. The number of nitro benzene ring substituents is 1. The summed E-state index contributed by atoms with van der Waals surface area (Å²) < 4.78 is 6.62. The number of halogens is 2. The van der Waals surface area contributed by atoms with Gasteiger partial charge in [0.05, 0.1) is 15.5 Å². The van der Waals surface area contributed by atoms with Gasteiger partial charge in [-0.3, -0.25) is 10.1 Å². The lowest BCUT2D eigenvalue weighted by molar-refractivity contribution is -0.384. The van der Waals surface area contributed by atoms with E-state index in [-0.39, 0.29) is 22.9 Å². The minimum atomic E-state index is -0.618. The highest BCUT2D eigenvalue weighted by Gasteiger charge is 2.25. The summed E-state index contributed by atoms with van der Waals surface area (Å²) in [5, 5.41) is 11.2. The maximum Gasteiger partial charge on any atom is 0.343 e. The van der Waals surface area contributed by atoms with Gasteiger partial charge < -0.3 is 9.64 Å². The van der Waals surface area contributed by atoms with Crippen molar-refractivity contribution in [3.05, 3.63) is 103 Å².